The largest absolute Gasteiger partial charge is 1.00 e. The van der Waals surface area contributed by atoms with Gasteiger partial charge in [0.25, 0.3) is 0 Å². The van der Waals surface area contributed by atoms with Crippen LogP contribution in [-0.2, 0) is 16.6 Å². The lowest BCUT2D eigenvalue weighted by molar-refractivity contribution is -0.460. The zero-order valence-corrected chi connectivity index (χ0v) is 14.3. The Hall–Kier alpha value is -0.810. The number of fused-ring (bicyclic) bond motifs is 1. The van der Waals surface area contributed by atoms with Gasteiger partial charge in [-0.2, -0.15) is 0 Å². The summed E-state index contributed by atoms with van der Waals surface area (Å²) in [4.78, 5) is 0. The van der Waals surface area contributed by atoms with E-state index in [-0.39, 0.29) is 36.6 Å². The zero-order chi connectivity index (χ0) is 15.5. The van der Waals surface area contributed by atoms with Crippen LogP contribution in [0.15, 0.2) is 18.2 Å². The molecule has 0 saturated heterocycles. The van der Waals surface area contributed by atoms with E-state index in [1.54, 1.807) is 6.07 Å². The number of phenols is 1. The van der Waals surface area contributed by atoms with Crippen LogP contribution in [0.4, 0.5) is 0 Å². The number of phenolic OH excluding ortho intramolecular Hbond substituents is 1. The Morgan fingerprint density at radius 3 is 2.59 bits per heavy atom. The predicted molar refractivity (Wildman–Crippen MR) is 82.2 cm³/mol. The van der Waals surface area contributed by atoms with Gasteiger partial charge in [0.05, 0.1) is 0 Å². The molecule has 2 rings (SSSR count). The first-order valence-electron chi connectivity index (χ1n) is 7.97. The van der Waals surface area contributed by atoms with E-state index in [4.69, 9.17) is 9.84 Å². The Kier molecular flexibility index (Phi) is 7.13. The zero-order valence-electron chi connectivity index (χ0n) is 13.5. The summed E-state index contributed by atoms with van der Waals surface area (Å²) < 4.78 is 6.00. The Morgan fingerprint density at radius 1 is 1.32 bits per heavy atom. The van der Waals surface area contributed by atoms with Crippen LogP contribution in [0, 0.1) is 0 Å². The molecule has 5 heteroatoms. The average Bonchev–Trinajstić information content (AvgIpc) is 2.49. The van der Waals surface area contributed by atoms with E-state index in [9.17, 15) is 5.11 Å². The van der Waals surface area contributed by atoms with E-state index >= 15 is 0 Å². The molecule has 1 aromatic carbocycles. The quantitative estimate of drug-likeness (QED) is 0.550. The third-order valence-electron chi connectivity index (χ3n) is 5.11. The van der Waals surface area contributed by atoms with Crippen molar-refractivity contribution in [3.63, 3.8) is 0 Å². The number of aliphatic hydroxyl groups excluding tert-OH is 1. The molecule has 0 heterocycles. The summed E-state index contributed by atoms with van der Waals surface area (Å²) in [6, 6.07) is 5.83. The van der Waals surface area contributed by atoms with Gasteiger partial charge in [-0.1, -0.05) is 19.9 Å². The molecule has 2 atom stereocenters. The molecule has 0 unspecified atom stereocenters. The van der Waals surface area contributed by atoms with Crippen LogP contribution in [0.3, 0.4) is 0 Å². The molecular weight excluding hydrogens is 302 g/mol. The summed E-state index contributed by atoms with van der Waals surface area (Å²) in [7, 11) is 0. The Bertz CT molecular complexity index is 477. The molecule has 4 nitrogen and oxygen atoms in total. The predicted octanol–water partition coefficient (Wildman–Crippen LogP) is -1.61. The monoisotopic (exact) mass is 329 g/mol. The molecule has 1 aliphatic carbocycles. The first-order chi connectivity index (χ1) is 10.1. The van der Waals surface area contributed by atoms with Crippen molar-refractivity contribution in [3.8, 4) is 5.75 Å². The lowest BCUT2D eigenvalue weighted by atomic mass is 9.63. The molecule has 0 saturated carbocycles. The number of quaternary nitrogens is 1. The highest BCUT2D eigenvalue weighted by Crippen LogP contribution is 2.43. The summed E-state index contributed by atoms with van der Waals surface area (Å²) in [6.45, 7) is 5.10. The van der Waals surface area contributed by atoms with Crippen molar-refractivity contribution in [3.05, 3.63) is 29.3 Å². The molecule has 126 valence electrons. The van der Waals surface area contributed by atoms with Crippen molar-refractivity contribution >= 4 is 0 Å². The fraction of sp³-hybridized carbons (Fsp3) is 0.647. The van der Waals surface area contributed by atoms with Crippen molar-refractivity contribution in [2.45, 2.75) is 57.1 Å². The minimum absolute atomic E-state index is 0. The van der Waals surface area contributed by atoms with E-state index < -0.39 is 0 Å². The van der Waals surface area contributed by atoms with Crippen LogP contribution in [0.2, 0.25) is 0 Å². The summed E-state index contributed by atoms with van der Waals surface area (Å²) in [5.41, 5.74) is 6.85. The normalized spacial score (nSPS) is 22.7. The smallest absolute Gasteiger partial charge is 0.121 e. The van der Waals surface area contributed by atoms with Gasteiger partial charge < -0.3 is 33.1 Å². The molecule has 1 aliphatic rings. The molecule has 0 amide bonds. The van der Waals surface area contributed by atoms with Crippen molar-refractivity contribution in [1.82, 2.24) is 0 Å². The maximum Gasteiger partial charge on any atom is 0.121 e. The number of hydrogen-bond acceptors (Lipinski definition) is 3. The Labute approximate surface area is 139 Å². The minimum atomic E-state index is -0.0454. The van der Waals surface area contributed by atoms with E-state index in [2.05, 4.69) is 19.6 Å². The number of aromatic hydroxyl groups is 1. The standard InChI is InChI=1S/C17H27NO3.ClH/c1-3-17(4-2)14-11-13(20)7-6-12(14)10-15(16(17)18)21-9-5-8-19;/h6-7,11,15-16,19-20H,3-5,8-10,18H2,1-2H3;1H/t15-,16+;/m1./s1. The van der Waals surface area contributed by atoms with Gasteiger partial charge in [-0.25, -0.2) is 0 Å². The second-order valence-electron chi connectivity index (χ2n) is 6.00. The summed E-state index contributed by atoms with van der Waals surface area (Å²) in [5, 5.41) is 18.8. The molecular formula is C17H28ClNO3. The SMILES string of the molecule is CCC1(CC)c2cc(O)ccc2C[C@@H](OCCCO)[C@@H]1[NH3+].[Cl-]. The number of ether oxygens (including phenoxy) is 1. The first kappa shape index (κ1) is 19.2. The fourth-order valence-electron chi connectivity index (χ4n) is 3.75. The number of hydrogen-bond donors (Lipinski definition) is 3. The molecule has 0 aromatic heterocycles. The molecule has 1 aromatic rings. The third kappa shape index (κ3) is 3.40. The summed E-state index contributed by atoms with van der Waals surface area (Å²) in [6.07, 6.45) is 3.53. The first-order valence-corrected chi connectivity index (χ1v) is 7.97. The van der Waals surface area contributed by atoms with E-state index in [0.29, 0.717) is 18.8 Å². The maximum absolute atomic E-state index is 9.86. The Balaban J connectivity index is 0.00000242. The molecule has 0 spiro atoms. The molecule has 0 fully saturated rings. The van der Waals surface area contributed by atoms with Crippen LogP contribution in [0.25, 0.3) is 0 Å². The highest BCUT2D eigenvalue weighted by Gasteiger charge is 2.48. The lowest BCUT2D eigenvalue weighted by Gasteiger charge is -2.44. The van der Waals surface area contributed by atoms with Crippen molar-refractivity contribution in [2.24, 2.45) is 0 Å². The van der Waals surface area contributed by atoms with E-state index in [0.717, 1.165) is 19.3 Å². The molecule has 0 aliphatic heterocycles. The van der Waals surface area contributed by atoms with Crippen LogP contribution >= 0.6 is 0 Å². The summed E-state index contributed by atoms with van der Waals surface area (Å²) >= 11 is 0. The fourth-order valence-corrected chi connectivity index (χ4v) is 3.75. The lowest BCUT2D eigenvalue weighted by Crippen LogP contribution is -3.00. The second kappa shape index (κ2) is 8.16. The van der Waals surface area contributed by atoms with Crippen molar-refractivity contribution in [2.75, 3.05) is 13.2 Å². The van der Waals surface area contributed by atoms with Gasteiger partial charge >= 0.3 is 0 Å². The third-order valence-corrected chi connectivity index (χ3v) is 5.11. The van der Waals surface area contributed by atoms with E-state index in [1.807, 2.05) is 12.1 Å². The molecule has 0 radical (unpaired) electrons. The number of halogens is 1. The number of rotatable bonds is 6. The van der Waals surface area contributed by atoms with Gasteiger partial charge in [-0.05, 0) is 42.5 Å². The summed E-state index contributed by atoms with van der Waals surface area (Å²) in [5.74, 6) is 0.326. The van der Waals surface area contributed by atoms with Crippen LogP contribution in [-0.4, -0.2) is 35.6 Å². The second-order valence-corrected chi connectivity index (χ2v) is 6.00. The topological polar surface area (TPSA) is 77.3 Å². The highest BCUT2D eigenvalue weighted by molar-refractivity contribution is 5.44. The van der Waals surface area contributed by atoms with Crippen molar-refractivity contribution < 1.29 is 33.1 Å². The van der Waals surface area contributed by atoms with Gasteiger partial charge in [0, 0.05) is 25.0 Å². The van der Waals surface area contributed by atoms with Gasteiger partial charge in [-0.3, -0.25) is 0 Å². The van der Waals surface area contributed by atoms with Crippen LogP contribution in [0.1, 0.15) is 44.2 Å². The molecule has 0 bridgehead atoms. The molecule has 5 N–H and O–H groups in total. The average molecular weight is 330 g/mol. The van der Waals surface area contributed by atoms with Crippen molar-refractivity contribution in [1.29, 1.82) is 0 Å². The van der Waals surface area contributed by atoms with Gasteiger partial charge in [-0.15, -0.1) is 0 Å². The number of benzene rings is 1. The molecule has 22 heavy (non-hydrogen) atoms. The van der Waals surface area contributed by atoms with E-state index in [1.165, 1.54) is 11.1 Å². The number of aliphatic hydroxyl groups is 1. The van der Waals surface area contributed by atoms with Gasteiger partial charge in [0.2, 0.25) is 0 Å². The minimum Gasteiger partial charge on any atom is -1.00 e. The highest BCUT2D eigenvalue weighted by atomic mass is 35.5. The Morgan fingerprint density at radius 2 is 2.00 bits per heavy atom. The van der Waals surface area contributed by atoms with Gasteiger partial charge in [0.15, 0.2) is 0 Å². The van der Waals surface area contributed by atoms with Crippen LogP contribution < -0.4 is 18.1 Å². The van der Waals surface area contributed by atoms with Crippen LogP contribution in [0.5, 0.6) is 5.75 Å². The maximum atomic E-state index is 9.86. The van der Waals surface area contributed by atoms with Gasteiger partial charge in [0.1, 0.15) is 17.9 Å².